The van der Waals surface area contributed by atoms with E-state index in [0.717, 1.165) is 61.2 Å². The molecule has 0 amide bonds. The first kappa shape index (κ1) is 20.7. The number of Topliss-reactive ketones (excluding diaryl/α,β-unsaturated/α-hetero) is 1. The topological polar surface area (TPSA) is 71.8 Å². The molecule has 1 N–H and O–H groups in total. The normalized spacial score (nSPS) is 15.0. The minimum absolute atomic E-state index is 0.144. The van der Waals surface area contributed by atoms with Crippen molar-refractivity contribution in [3.63, 3.8) is 0 Å². The Balaban J connectivity index is 1.25. The number of carbonyl (C=O) groups is 1. The number of unbranched alkanes of at least 4 members (excludes halogenated alkanes) is 1. The summed E-state index contributed by atoms with van der Waals surface area (Å²) in [6.07, 6.45) is 12.3. The van der Waals surface area contributed by atoms with Gasteiger partial charge in [-0.05, 0) is 43.2 Å². The Morgan fingerprint density at radius 2 is 1.91 bits per heavy atom. The van der Waals surface area contributed by atoms with Crippen LogP contribution in [0.5, 0.6) is 0 Å². The number of nitrogens with one attached hydrogen (secondary N) is 1. The standard InChI is InChI=1S/C27H29N3O2/c1-18(19-9-11-21(12-10-19)25-16-28-17-32-25)27-29-15-23-14-13-22(26(23)30-27)5-2-3-8-24(31)20-6-4-7-20/h9-18,20H,2-8H2,1H3,(H,29,30). The van der Waals surface area contributed by atoms with Gasteiger partial charge in [0.15, 0.2) is 12.2 Å². The summed E-state index contributed by atoms with van der Waals surface area (Å²) in [5.41, 5.74) is 5.83. The number of oxazole rings is 1. The van der Waals surface area contributed by atoms with Crippen LogP contribution >= 0.6 is 0 Å². The Morgan fingerprint density at radius 3 is 2.62 bits per heavy atom. The minimum Gasteiger partial charge on any atom is -0.444 e. The lowest BCUT2D eigenvalue weighted by molar-refractivity contribution is -0.125. The van der Waals surface area contributed by atoms with E-state index in [4.69, 9.17) is 9.40 Å². The zero-order valence-corrected chi connectivity index (χ0v) is 18.5. The molecule has 5 rings (SSSR count). The lowest BCUT2D eigenvalue weighted by Gasteiger charge is -2.23. The highest BCUT2D eigenvalue weighted by Crippen LogP contribution is 2.32. The van der Waals surface area contributed by atoms with Crippen LogP contribution in [-0.2, 0) is 11.2 Å². The number of ketones is 1. The van der Waals surface area contributed by atoms with E-state index in [0.29, 0.717) is 11.7 Å². The van der Waals surface area contributed by atoms with Crippen LogP contribution in [-0.4, -0.2) is 20.7 Å². The van der Waals surface area contributed by atoms with Gasteiger partial charge in [-0.25, -0.2) is 9.97 Å². The van der Waals surface area contributed by atoms with E-state index in [1.54, 1.807) is 6.20 Å². The molecule has 1 saturated carbocycles. The highest BCUT2D eigenvalue weighted by molar-refractivity contribution is 5.81. The molecule has 1 fully saturated rings. The molecule has 0 spiro atoms. The number of aromatic nitrogens is 3. The first-order valence-electron chi connectivity index (χ1n) is 11.7. The largest absolute Gasteiger partial charge is 0.444 e. The molecule has 1 atom stereocenters. The second kappa shape index (κ2) is 9.11. The Labute approximate surface area is 188 Å². The number of hydrogen-bond acceptors (Lipinski definition) is 4. The molecule has 5 heteroatoms. The molecular formula is C27H29N3O2. The molecule has 3 aliphatic rings. The summed E-state index contributed by atoms with van der Waals surface area (Å²) in [6, 6.07) is 12.7. The molecular weight excluding hydrogens is 398 g/mol. The lowest BCUT2D eigenvalue weighted by Crippen LogP contribution is -2.21. The van der Waals surface area contributed by atoms with E-state index in [-0.39, 0.29) is 5.92 Å². The highest BCUT2D eigenvalue weighted by Gasteiger charge is 2.24. The van der Waals surface area contributed by atoms with Crippen molar-refractivity contribution in [1.82, 2.24) is 15.0 Å². The molecule has 2 heterocycles. The number of aryl methyl sites for hydroxylation is 1. The Hall–Kier alpha value is -3.21. The van der Waals surface area contributed by atoms with E-state index in [9.17, 15) is 4.79 Å². The summed E-state index contributed by atoms with van der Waals surface area (Å²) in [7, 11) is 0. The molecule has 1 aromatic heterocycles. The number of H-pyrrole nitrogens is 1. The molecule has 2 aromatic rings. The van der Waals surface area contributed by atoms with Crippen LogP contribution in [0.25, 0.3) is 22.6 Å². The molecule has 0 saturated heterocycles. The van der Waals surface area contributed by atoms with Crippen LogP contribution in [0.1, 0.15) is 68.3 Å². The van der Waals surface area contributed by atoms with Gasteiger partial charge in [-0.15, -0.1) is 0 Å². The van der Waals surface area contributed by atoms with Gasteiger partial charge in [0.1, 0.15) is 11.6 Å². The maximum absolute atomic E-state index is 12.1. The third kappa shape index (κ3) is 4.24. The fourth-order valence-corrected chi connectivity index (χ4v) is 4.53. The third-order valence-electron chi connectivity index (χ3n) is 6.89. The summed E-state index contributed by atoms with van der Waals surface area (Å²) in [5, 5.41) is 0. The van der Waals surface area contributed by atoms with E-state index in [2.05, 4.69) is 53.3 Å². The summed E-state index contributed by atoms with van der Waals surface area (Å²) < 4.78 is 5.38. The van der Waals surface area contributed by atoms with Gasteiger partial charge in [0.2, 0.25) is 0 Å². The summed E-state index contributed by atoms with van der Waals surface area (Å²) in [6.45, 7) is 2.17. The van der Waals surface area contributed by atoms with Crippen LogP contribution in [0.3, 0.4) is 0 Å². The molecule has 0 bridgehead atoms. The fourth-order valence-electron chi connectivity index (χ4n) is 4.53. The SMILES string of the molecule is CC(c1ccc(-c2cnco2)cc1)c1ncc2ccc(CCCCC(=O)C3CCC3)c-2[nH]1. The number of fused-ring (bicyclic) bond motifs is 1. The van der Waals surface area contributed by atoms with Crippen molar-refractivity contribution in [2.45, 2.75) is 57.8 Å². The van der Waals surface area contributed by atoms with Gasteiger partial charge < -0.3 is 9.40 Å². The second-order valence-corrected chi connectivity index (χ2v) is 8.97. The maximum Gasteiger partial charge on any atom is 0.181 e. The number of aromatic amines is 1. The summed E-state index contributed by atoms with van der Waals surface area (Å²) in [5.74, 6) is 2.71. The fraction of sp³-hybridized carbons (Fsp3) is 0.370. The number of carbonyl (C=O) groups excluding carboxylic acids is 1. The zero-order valence-electron chi connectivity index (χ0n) is 18.5. The number of benzene rings is 1. The van der Waals surface area contributed by atoms with Crippen molar-refractivity contribution >= 4 is 5.78 Å². The molecule has 1 aliphatic heterocycles. The number of rotatable bonds is 9. The van der Waals surface area contributed by atoms with E-state index in [1.165, 1.54) is 29.6 Å². The smallest absolute Gasteiger partial charge is 0.181 e. The highest BCUT2D eigenvalue weighted by atomic mass is 16.3. The van der Waals surface area contributed by atoms with Gasteiger partial charge in [0, 0.05) is 35.6 Å². The molecule has 1 unspecified atom stereocenters. The third-order valence-corrected chi connectivity index (χ3v) is 6.89. The summed E-state index contributed by atoms with van der Waals surface area (Å²) >= 11 is 0. The van der Waals surface area contributed by atoms with Crippen molar-refractivity contribution in [3.8, 4) is 22.6 Å². The van der Waals surface area contributed by atoms with Gasteiger partial charge in [0.25, 0.3) is 0 Å². The van der Waals surface area contributed by atoms with Crippen LogP contribution < -0.4 is 0 Å². The van der Waals surface area contributed by atoms with E-state index in [1.807, 2.05) is 6.20 Å². The van der Waals surface area contributed by atoms with Gasteiger partial charge in [-0.3, -0.25) is 4.79 Å². The molecule has 2 aliphatic carbocycles. The minimum atomic E-state index is 0.144. The van der Waals surface area contributed by atoms with E-state index >= 15 is 0 Å². The quantitative estimate of drug-likeness (QED) is 0.314. The van der Waals surface area contributed by atoms with Crippen molar-refractivity contribution in [3.05, 3.63) is 72.1 Å². The average Bonchev–Trinajstić information content (AvgIpc) is 3.45. The van der Waals surface area contributed by atoms with Crippen molar-refractivity contribution in [1.29, 1.82) is 0 Å². The Morgan fingerprint density at radius 1 is 1.09 bits per heavy atom. The molecule has 5 nitrogen and oxygen atoms in total. The van der Waals surface area contributed by atoms with Gasteiger partial charge >= 0.3 is 0 Å². The number of hydrogen-bond donors (Lipinski definition) is 1. The molecule has 1 aromatic carbocycles. The van der Waals surface area contributed by atoms with Crippen molar-refractivity contribution in [2.75, 3.05) is 0 Å². The van der Waals surface area contributed by atoms with Gasteiger partial charge in [-0.1, -0.05) is 49.7 Å². The first-order valence-corrected chi connectivity index (χ1v) is 11.7. The van der Waals surface area contributed by atoms with Crippen LogP contribution in [0.15, 0.2) is 59.6 Å². The van der Waals surface area contributed by atoms with Gasteiger partial charge in [-0.2, -0.15) is 0 Å². The van der Waals surface area contributed by atoms with Crippen LogP contribution in [0, 0.1) is 5.92 Å². The first-order chi connectivity index (χ1) is 15.7. The summed E-state index contributed by atoms with van der Waals surface area (Å²) in [4.78, 5) is 24.4. The molecule has 164 valence electrons. The zero-order chi connectivity index (χ0) is 21.9. The van der Waals surface area contributed by atoms with E-state index < -0.39 is 0 Å². The predicted molar refractivity (Wildman–Crippen MR) is 125 cm³/mol. The van der Waals surface area contributed by atoms with Crippen molar-refractivity contribution in [2.24, 2.45) is 5.92 Å². The second-order valence-electron chi connectivity index (χ2n) is 8.97. The lowest BCUT2D eigenvalue weighted by atomic mass is 9.80. The number of nitrogens with zero attached hydrogens (tertiary/aromatic N) is 2. The molecule has 32 heavy (non-hydrogen) atoms. The van der Waals surface area contributed by atoms with Crippen LogP contribution in [0.2, 0.25) is 0 Å². The average molecular weight is 428 g/mol. The van der Waals surface area contributed by atoms with Crippen LogP contribution in [0.4, 0.5) is 0 Å². The maximum atomic E-state index is 12.1. The Bertz CT molecular complexity index is 1140. The van der Waals surface area contributed by atoms with Crippen molar-refractivity contribution < 1.29 is 9.21 Å². The Kier molecular flexibility index (Phi) is 5.89. The molecule has 0 radical (unpaired) electrons. The predicted octanol–water partition coefficient (Wildman–Crippen LogP) is 6.40. The van der Waals surface area contributed by atoms with Gasteiger partial charge in [0.05, 0.1) is 11.9 Å². The monoisotopic (exact) mass is 427 g/mol.